The van der Waals surface area contributed by atoms with Gasteiger partial charge in [-0.2, -0.15) is 5.10 Å². The topological polar surface area (TPSA) is 132 Å². The summed E-state index contributed by atoms with van der Waals surface area (Å²) >= 11 is 0. The average Bonchev–Trinajstić information content (AvgIpc) is 3.25. The number of ether oxygens (including phenoxy) is 2. The summed E-state index contributed by atoms with van der Waals surface area (Å²) in [7, 11) is 0. The Kier molecular flexibility index (Phi) is 4.09. The van der Waals surface area contributed by atoms with E-state index < -0.39 is 23.9 Å². The highest BCUT2D eigenvalue weighted by Gasteiger charge is 2.54. The predicted octanol–water partition coefficient (Wildman–Crippen LogP) is -0.00940. The lowest BCUT2D eigenvalue weighted by Crippen LogP contribution is -2.39. The number of rotatable bonds is 5. The second kappa shape index (κ2) is 6.19. The number of aliphatic hydroxyl groups excluding tert-OH is 2. The number of hydrogen-bond donors (Lipinski definition) is 3. The van der Waals surface area contributed by atoms with Crippen LogP contribution in [-0.4, -0.2) is 55.7 Å². The molecule has 4 N–H and O–H groups in total. The van der Waals surface area contributed by atoms with Crippen molar-refractivity contribution in [3.05, 3.63) is 24.2 Å². The summed E-state index contributed by atoms with van der Waals surface area (Å²) < 4.78 is 12.7. The zero-order valence-corrected chi connectivity index (χ0v) is 14.4. The van der Waals surface area contributed by atoms with Crippen molar-refractivity contribution in [3.63, 3.8) is 0 Å². The molecule has 0 unspecified atom stereocenters. The van der Waals surface area contributed by atoms with Crippen molar-refractivity contribution in [1.29, 1.82) is 0 Å². The van der Waals surface area contributed by atoms with Gasteiger partial charge >= 0.3 is 5.97 Å². The number of carbonyl (C=O) groups is 1. The number of esters is 1. The van der Waals surface area contributed by atoms with Crippen LogP contribution in [0, 0.1) is 5.92 Å². The molecule has 2 aliphatic rings. The molecular weight excluding hydrogens is 340 g/mol. The molecule has 0 amide bonds. The number of nitrogens with zero attached hydrogens (tertiary/aromatic N) is 3. The summed E-state index contributed by atoms with van der Waals surface area (Å²) in [6.07, 6.45) is 0.568. The molecular formula is C17H22N4O5. The van der Waals surface area contributed by atoms with Gasteiger partial charge < -0.3 is 25.4 Å². The molecule has 140 valence electrons. The van der Waals surface area contributed by atoms with Gasteiger partial charge in [0.15, 0.2) is 5.82 Å². The van der Waals surface area contributed by atoms with Gasteiger partial charge in [-0.1, -0.05) is 0 Å². The molecule has 9 heteroatoms. The summed E-state index contributed by atoms with van der Waals surface area (Å²) in [5.41, 5.74) is 5.71. The van der Waals surface area contributed by atoms with E-state index in [1.165, 1.54) is 10.8 Å². The Hall–Kier alpha value is -2.23. The monoisotopic (exact) mass is 362 g/mol. The zero-order chi connectivity index (χ0) is 18.5. The minimum absolute atomic E-state index is 0.111. The first-order valence-corrected chi connectivity index (χ1v) is 8.68. The van der Waals surface area contributed by atoms with E-state index in [0.29, 0.717) is 29.4 Å². The standard InChI is InChI=1S/C17H22N4O5/c1-17(12-5-4-10-16(18)19-8-20-21(10)12)15(24)14(23)11(26-17)7-25-13(22)6-9-2-3-9/h4-5,8-9,11,14-15,23-24H,2-3,6-7H2,1H3,(H2,18,19,20)/t11-,14-,15-,17+/m1/s1. The molecule has 0 bridgehead atoms. The molecule has 1 saturated heterocycles. The van der Waals surface area contributed by atoms with Crippen LogP contribution in [0.2, 0.25) is 0 Å². The van der Waals surface area contributed by atoms with E-state index in [1.807, 2.05) is 0 Å². The number of aliphatic hydroxyl groups is 2. The van der Waals surface area contributed by atoms with Crippen LogP contribution in [0.5, 0.6) is 0 Å². The number of aromatic nitrogens is 3. The first kappa shape index (κ1) is 17.2. The van der Waals surface area contributed by atoms with E-state index in [-0.39, 0.29) is 12.6 Å². The highest BCUT2D eigenvalue weighted by atomic mass is 16.6. The van der Waals surface area contributed by atoms with Crippen molar-refractivity contribution in [3.8, 4) is 0 Å². The second-order valence-electron chi connectivity index (χ2n) is 7.19. The van der Waals surface area contributed by atoms with Crippen LogP contribution in [0.15, 0.2) is 18.5 Å². The van der Waals surface area contributed by atoms with Crippen molar-refractivity contribution in [1.82, 2.24) is 14.6 Å². The van der Waals surface area contributed by atoms with Gasteiger partial charge in [-0.15, -0.1) is 0 Å². The van der Waals surface area contributed by atoms with Crippen LogP contribution in [0.25, 0.3) is 5.52 Å². The Balaban J connectivity index is 1.53. The SMILES string of the molecule is C[C@@]1(c2ccc3c(N)ncnn23)O[C@H](COC(=O)CC2CC2)[C@@H](O)[C@H]1O. The lowest BCUT2D eigenvalue weighted by Gasteiger charge is -2.27. The first-order chi connectivity index (χ1) is 12.4. The van der Waals surface area contributed by atoms with Gasteiger partial charge in [-0.05, 0) is 37.8 Å². The number of anilines is 1. The molecule has 0 spiro atoms. The van der Waals surface area contributed by atoms with Gasteiger partial charge in [-0.3, -0.25) is 4.79 Å². The third kappa shape index (κ3) is 2.81. The van der Waals surface area contributed by atoms with Crippen LogP contribution in [0.1, 0.15) is 31.9 Å². The van der Waals surface area contributed by atoms with Crippen molar-refractivity contribution in [2.75, 3.05) is 12.3 Å². The molecule has 0 aromatic carbocycles. The summed E-state index contributed by atoms with van der Waals surface area (Å²) in [6, 6.07) is 3.44. The van der Waals surface area contributed by atoms with Gasteiger partial charge in [0.05, 0.1) is 5.69 Å². The molecule has 1 aliphatic heterocycles. The molecule has 2 fully saturated rings. The van der Waals surface area contributed by atoms with Gasteiger partial charge in [0.25, 0.3) is 0 Å². The molecule has 4 rings (SSSR count). The van der Waals surface area contributed by atoms with Crippen LogP contribution in [-0.2, 0) is 19.9 Å². The number of nitrogens with two attached hydrogens (primary N) is 1. The third-order valence-corrected chi connectivity index (χ3v) is 5.22. The van der Waals surface area contributed by atoms with E-state index >= 15 is 0 Å². The van der Waals surface area contributed by atoms with Crippen molar-refractivity contribution < 1.29 is 24.5 Å². The fourth-order valence-corrected chi connectivity index (χ4v) is 3.45. The number of carbonyl (C=O) groups excluding carboxylic acids is 1. The molecule has 1 saturated carbocycles. The van der Waals surface area contributed by atoms with Gasteiger partial charge in [0, 0.05) is 6.42 Å². The fourth-order valence-electron chi connectivity index (χ4n) is 3.45. The molecule has 2 aromatic rings. The average molecular weight is 362 g/mol. The summed E-state index contributed by atoms with van der Waals surface area (Å²) in [6.45, 7) is 1.55. The fraction of sp³-hybridized carbons (Fsp3) is 0.588. The summed E-state index contributed by atoms with van der Waals surface area (Å²) in [4.78, 5) is 15.7. The molecule has 3 heterocycles. The second-order valence-corrected chi connectivity index (χ2v) is 7.19. The van der Waals surface area contributed by atoms with Crippen LogP contribution >= 0.6 is 0 Å². The predicted molar refractivity (Wildman–Crippen MR) is 89.9 cm³/mol. The highest BCUT2D eigenvalue weighted by molar-refractivity contribution is 5.70. The zero-order valence-electron chi connectivity index (χ0n) is 14.4. The van der Waals surface area contributed by atoms with Crippen molar-refractivity contribution in [2.24, 2.45) is 5.92 Å². The maximum Gasteiger partial charge on any atom is 0.306 e. The first-order valence-electron chi connectivity index (χ1n) is 8.68. The Bertz CT molecular complexity index is 836. The lowest BCUT2D eigenvalue weighted by atomic mass is 9.93. The number of hydrogen-bond acceptors (Lipinski definition) is 8. The highest BCUT2D eigenvalue weighted by Crippen LogP contribution is 2.40. The largest absolute Gasteiger partial charge is 0.463 e. The quantitative estimate of drug-likeness (QED) is 0.633. The Morgan fingerprint density at radius 3 is 2.96 bits per heavy atom. The maximum atomic E-state index is 11.8. The van der Waals surface area contributed by atoms with E-state index in [2.05, 4.69) is 10.1 Å². The maximum absolute atomic E-state index is 11.8. The molecule has 1 aliphatic carbocycles. The molecule has 0 radical (unpaired) electrons. The Morgan fingerprint density at radius 1 is 1.46 bits per heavy atom. The van der Waals surface area contributed by atoms with Crippen LogP contribution in [0.3, 0.4) is 0 Å². The van der Waals surface area contributed by atoms with Crippen LogP contribution in [0.4, 0.5) is 5.82 Å². The minimum atomic E-state index is -1.24. The van der Waals surface area contributed by atoms with Crippen molar-refractivity contribution >= 4 is 17.3 Å². The van der Waals surface area contributed by atoms with E-state index in [9.17, 15) is 15.0 Å². The molecule has 9 nitrogen and oxygen atoms in total. The smallest absolute Gasteiger partial charge is 0.306 e. The van der Waals surface area contributed by atoms with Gasteiger partial charge in [0.2, 0.25) is 0 Å². The third-order valence-electron chi connectivity index (χ3n) is 5.22. The van der Waals surface area contributed by atoms with Gasteiger partial charge in [0.1, 0.15) is 42.4 Å². The van der Waals surface area contributed by atoms with Gasteiger partial charge in [-0.25, -0.2) is 9.50 Å². The summed E-state index contributed by atoms with van der Waals surface area (Å²) in [5, 5.41) is 25.2. The minimum Gasteiger partial charge on any atom is -0.463 e. The number of fused-ring (bicyclic) bond motifs is 1. The Morgan fingerprint density at radius 2 is 2.23 bits per heavy atom. The molecule has 26 heavy (non-hydrogen) atoms. The van der Waals surface area contributed by atoms with E-state index in [0.717, 1.165) is 12.8 Å². The van der Waals surface area contributed by atoms with Crippen LogP contribution < -0.4 is 5.73 Å². The van der Waals surface area contributed by atoms with Crippen molar-refractivity contribution in [2.45, 2.75) is 50.1 Å². The lowest BCUT2D eigenvalue weighted by molar-refractivity contribution is -0.152. The normalized spacial score (nSPS) is 31.4. The van der Waals surface area contributed by atoms with E-state index in [1.54, 1.807) is 19.1 Å². The summed E-state index contributed by atoms with van der Waals surface area (Å²) in [5.74, 6) is 0.415. The Labute approximate surface area is 149 Å². The van der Waals surface area contributed by atoms with E-state index in [4.69, 9.17) is 15.2 Å². The number of nitrogen functional groups attached to an aromatic ring is 1. The molecule has 4 atom stereocenters. The molecule has 2 aromatic heterocycles.